The van der Waals surface area contributed by atoms with Crippen molar-refractivity contribution in [2.75, 3.05) is 0 Å². The second kappa shape index (κ2) is 5.16. The third-order valence-electron chi connectivity index (χ3n) is 2.73. The van der Waals surface area contributed by atoms with Crippen LogP contribution in [0.15, 0.2) is 22.8 Å². The van der Waals surface area contributed by atoms with Crippen molar-refractivity contribution in [3.63, 3.8) is 0 Å². The maximum atomic E-state index is 13.8. The molecule has 96 valence electrons. The second-order valence-corrected chi connectivity index (χ2v) is 4.82. The number of nitrogens with zero attached hydrogens (tertiary/aromatic N) is 2. The SMILES string of the molecule is Cc1nn(Cc2c(F)ccc(Br)c2F)cc1CN. The molecule has 3 nitrogen and oxygen atoms in total. The van der Waals surface area contributed by atoms with E-state index in [4.69, 9.17) is 5.73 Å². The lowest BCUT2D eigenvalue weighted by molar-refractivity contribution is 0.528. The second-order valence-electron chi connectivity index (χ2n) is 3.96. The van der Waals surface area contributed by atoms with Gasteiger partial charge in [0.05, 0.1) is 16.7 Å². The van der Waals surface area contributed by atoms with Crippen LogP contribution in [0.25, 0.3) is 0 Å². The molecule has 0 atom stereocenters. The van der Waals surface area contributed by atoms with Crippen LogP contribution in [0, 0.1) is 18.6 Å². The molecule has 0 unspecified atom stereocenters. The Morgan fingerprint density at radius 2 is 2.11 bits per heavy atom. The topological polar surface area (TPSA) is 43.8 Å². The molecule has 0 aliphatic rings. The standard InChI is InChI=1S/C12H12BrF2N3/c1-7-8(4-16)5-18(17-7)6-9-11(14)3-2-10(13)12(9)15/h2-3,5H,4,6,16H2,1H3. The van der Waals surface area contributed by atoms with Crippen LogP contribution in [-0.2, 0) is 13.1 Å². The van der Waals surface area contributed by atoms with Crippen molar-refractivity contribution in [2.24, 2.45) is 5.73 Å². The third kappa shape index (κ3) is 2.44. The number of halogens is 3. The lowest BCUT2D eigenvalue weighted by Gasteiger charge is -2.06. The van der Waals surface area contributed by atoms with Gasteiger partial charge in [-0.2, -0.15) is 5.10 Å². The van der Waals surface area contributed by atoms with E-state index in [-0.39, 0.29) is 16.6 Å². The minimum atomic E-state index is -0.600. The van der Waals surface area contributed by atoms with Gasteiger partial charge in [0, 0.05) is 23.9 Å². The monoisotopic (exact) mass is 315 g/mol. The molecule has 0 amide bonds. The molecule has 0 saturated carbocycles. The summed E-state index contributed by atoms with van der Waals surface area (Å²) < 4.78 is 29.1. The largest absolute Gasteiger partial charge is 0.326 e. The molecular weight excluding hydrogens is 304 g/mol. The van der Waals surface area contributed by atoms with Crippen LogP contribution in [-0.4, -0.2) is 9.78 Å². The highest BCUT2D eigenvalue weighted by Crippen LogP contribution is 2.22. The van der Waals surface area contributed by atoms with Crippen molar-refractivity contribution < 1.29 is 8.78 Å². The van der Waals surface area contributed by atoms with E-state index < -0.39 is 11.6 Å². The van der Waals surface area contributed by atoms with Gasteiger partial charge in [-0.05, 0) is 35.0 Å². The molecule has 18 heavy (non-hydrogen) atoms. The first-order valence-electron chi connectivity index (χ1n) is 5.38. The Balaban J connectivity index is 2.36. The zero-order chi connectivity index (χ0) is 13.3. The summed E-state index contributed by atoms with van der Waals surface area (Å²) >= 11 is 3.04. The van der Waals surface area contributed by atoms with Crippen molar-refractivity contribution in [1.29, 1.82) is 0 Å². The summed E-state index contributed by atoms with van der Waals surface area (Å²) in [6.07, 6.45) is 1.70. The molecule has 2 rings (SSSR count). The van der Waals surface area contributed by atoms with Crippen molar-refractivity contribution in [3.05, 3.63) is 51.3 Å². The Bertz CT molecular complexity index is 581. The zero-order valence-corrected chi connectivity index (χ0v) is 11.3. The highest BCUT2D eigenvalue weighted by atomic mass is 79.9. The van der Waals surface area contributed by atoms with Crippen molar-refractivity contribution in [3.8, 4) is 0 Å². The van der Waals surface area contributed by atoms with E-state index in [0.29, 0.717) is 6.54 Å². The smallest absolute Gasteiger partial charge is 0.145 e. The maximum Gasteiger partial charge on any atom is 0.145 e. The van der Waals surface area contributed by atoms with Gasteiger partial charge in [-0.15, -0.1) is 0 Å². The molecule has 0 fully saturated rings. The van der Waals surface area contributed by atoms with Crippen LogP contribution in [0.1, 0.15) is 16.8 Å². The first-order chi connectivity index (χ1) is 8.52. The minimum Gasteiger partial charge on any atom is -0.326 e. The highest BCUT2D eigenvalue weighted by Gasteiger charge is 2.14. The molecule has 1 aromatic carbocycles. The third-order valence-corrected chi connectivity index (χ3v) is 3.34. The average molecular weight is 316 g/mol. The molecule has 0 aliphatic carbocycles. The van der Waals surface area contributed by atoms with Crippen molar-refractivity contribution >= 4 is 15.9 Å². The van der Waals surface area contributed by atoms with E-state index in [2.05, 4.69) is 21.0 Å². The summed E-state index contributed by atoms with van der Waals surface area (Å²) in [7, 11) is 0. The van der Waals surface area contributed by atoms with Gasteiger partial charge in [0.1, 0.15) is 11.6 Å². The van der Waals surface area contributed by atoms with E-state index in [1.54, 1.807) is 6.20 Å². The van der Waals surface area contributed by atoms with Gasteiger partial charge in [-0.3, -0.25) is 4.68 Å². The summed E-state index contributed by atoms with van der Waals surface area (Å²) in [4.78, 5) is 0. The van der Waals surface area contributed by atoms with Crippen LogP contribution in [0.4, 0.5) is 8.78 Å². The van der Waals surface area contributed by atoms with Crippen LogP contribution in [0.5, 0.6) is 0 Å². The van der Waals surface area contributed by atoms with E-state index in [0.717, 1.165) is 11.3 Å². The minimum absolute atomic E-state index is 0.0181. The highest BCUT2D eigenvalue weighted by molar-refractivity contribution is 9.10. The first kappa shape index (κ1) is 13.2. The van der Waals surface area contributed by atoms with Gasteiger partial charge < -0.3 is 5.73 Å². The van der Waals surface area contributed by atoms with Gasteiger partial charge in [-0.1, -0.05) is 0 Å². The normalized spacial score (nSPS) is 10.9. The molecule has 0 bridgehead atoms. The van der Waals surface area contributed by atoms with E-state index in [1.165, 1.54) is 16.8 Å². The lowest BCUT2D eigenvalue weighted by Crippen LogP contribution is -2.06. The molecular formula is C12H12BrF2N3. The summed E-state index contributed by atoms with van der Waals surface area (Å²) in [5, 5.41) is 4.18. The Morgan fingerprint density at radius 3 is 2.72 bits per heavy atom. The molecule has 1 aromatic heterocycles. The molecule has 0 aliphatic heterocycles. The predicted molar refractivity (Wildman–Crippen MR) is 68.0 cm³/mol. The number of aryl methyl sites for hydroxylation is 1. The maximum absolute atomic E-state index is 13.8. The number of rotatable bonds is 3. The Kier molecular flexibility index (Phi) is 3.77. The lowest BCUT2D eigenvalue weighted by atomic mass is 10.2. The Labute approximate surface area is 112 Å². The van der Waals surface area contributed by atoms with Gasteiger partial charge >= 0.3 is 0 Å². The summed E-state index contributed by atoms with van der Waals surface area (Å²) in [6, 6.07) is 2.57. The zero-order valence-electron chi connectivity index (χ0n) is 9.75. The number of hydrogen-bond donors (Lipinski definition) is 1. The molecule has 2 N–H and O–H groups in total. The fraction of sp³-hybridized carbons (Fsp3) is 0.250. The van der Waals surface area contributed by atoms with Crippen molar-refractivity contribution in [2.45, 2.75) is 20.0 Å². The van der Waals surface area contributed by atoms with Gasteiger partial charge in [0.15, 0.2) is 0 Å². The molecule has 0 spiro atoms. The van der Waals surface area contributed by atoms with Gasteiger partial charge in [0.2, 0.25) is 0 Å². The first-order valence-corrected chi connectivity index (χ1v) is 6.17. The fourth-order valence-corrected chi connectivity index (χ4v) is 2.09. The quantitative estimate of drug-likeness (QED) is 0.885. The van der Waals surface area contributed by atoms with E-state index in [9.17, 15) is 8.78 Å². The summed E-state index contributed by atoms with van der Waals surface area (Å²) in [5.41, 5.74) is 7.15. The van der Waals surface area contributed by atoms with Gasteiger partial charge in [-0.25, -0.2) is 8.78 Å². The van der Waals surface area contributed by atoms with Crippen LogP contribution in [0.3, 0.4) is 0 Å². The number of aromatic nitrogens is 2. The van der Waals surface area contributed by atoms with Gasteiger partial charge in [0.25, 0.3) is 0 Å². The number of nitrogens with two attached hydrogens (primary N) is 1. The summed E-state index contributed by atoms with van der Waals surface area (Å²) in [6.45, 7) is 2.21. The fourth-order valence-electron chi connectivity index (χ4n) is 1.72. The Hall–Kier alpha value is -1.27. The van der Waals surface area contributed by atoms with Crippen LogP contribution >= 0.6 is 15.9 Å². The molecule has 6 heteroatoms. The number of hydrogen-bond acceptors (Lipinski definition) is 2. The Morgan fingerprint density at radius 1 is 1.39 bits per heavy atom. The van der Waals surface area contributed by atoms with E-state index in [1.807, 2.05) is 6.92 Å². The average Bonchev–Trinajstić information content (AvgIpc) is 2.70. The molecule has 0 saturated heterocycles. The van der Waals surface area contributed by atoms with E-state index >= 15 is 0 Å². The van der Waals surface area contributed by atoms with Crippen LogP contribution in [0.2, 0.25) is 0 Å². The van der Waals surface area contributed by atoms with Crippen molar-refractivity contribution in [1.82, 2.24) is 9.78 Å². The predicted octanol–water partition coefficient (Wildman–Crippen LogP) is 2.74. The molecule has 1 heterocycles. The molecule has 0 radical (unpaired) electrons. The summed E-state index contributed by atoms with van der Waals surface area (Å²) in [5.74, 6) is -1.18. The van der Waals surface area contributed by atoms with Crippen LogP contribution < -0.4 is 5.73 Å². The number of benzene rings is 1. The molecule has 2 aromatic rings.